The molecule has 0 radical (unpaired) electrons. The summed E-state index contributed by atoms with van der Waals surface area (Å²) in [6, 6.07) is 8.71. The molecule has 26 heavy (non-hydrogen) atoms. The van der Waals surface area contributed by atoms with Gasteiger partial charge in [0.15, 0.2) is 5.82 Å². The predicted octanol–water partition coefficient (Wildman–Crippen LogP) is 3.58. The van der Waals surface area contributed by atoms with Crippen molar-refractivity contribution in [1.29, 1.82) is 0 Å². The average molecular weight is 349 g/mol. The molecule has 1 aliphatic heterocycles. The topological polar surface area (TPSA) is 74.7 Å². The van der Waals surface area contributed by atoms with Crippen LogP contribution in [-0.4, -0.2) is 14.8 Å². The van der Waals surface area contributed by atoms with Crippen LogP contribution in [0.2, 0.25) is 0 Å². The van der Waals surface area contributed by atoms with Crippen LogP contribution in [0.25, 0.3) is 10.9 Å². The van der Waals surface area contributed by atoms with Crippen LogP contribution in [-0.2, 0) is 13.1 Å². The third kappa shape index (κ3) is 2.61. The van der Waals surface area contributed by atoms with Gasteiger partial charge >= 0.3 is 0 Å². The maximum atomic E-state index is 12.5. The smallest absolute Gasteiger partial charge is 0.261 e. The van der Waals surface area contributed by atoms with Crippen molar-refractivity contribution in [2.45, 2.75) is 51.2 Å². The third-order valence-corrected chi connectivity index (χ3v) is 5.65. The first-order valence-electron chi connectivity index (χ1n) is 9.49. The van der Waals surface area contributed by atoms with E-state index in [2.05, 4.69) is 38.5 Å². The number of nitrogens with zero attached hydrogens (tertiary/aromatic N) is 2. The molecule has 6 nitrogen and oxygen atoms in total. The lowest BCUT2D eigenvalue weighted by Gasteiger charge is -2.22. The Balaban J connectivity index is 1.57. The zero-order valence-electron chi connectivity index (χ0n) is 14.7. The van der Waals surface area contributed by atoms with E-state index in [4.69, 9.17) is 5.10 Å². The van der Waals surface area contributed by atoms with Crippen LogP contribution in [0.15, 0.2) is 35.3 Å². The second-order valence-electron chi connectivity index (χ2n) is 7.36. The first-order valence-corrected chi connectivity index (χ1v) is 9.49. The van der Waals surface area contributed by atoms with E-state index in [0.29, 0.717) is 17.2 Å². The van der Waals surface area contributed by atoms with Gasteiger partial charge in [-0.1, -0.05) is 25.3 Å². The normalized spacial score (nSPS) is 17.5. The van der Waals surface area contributed by atoms with Gasteiger partial charge in [-0.3, -0.25) is 9.48 Å². The summed E-state index contributed by atoms with van der Waals surface area (Å²) in [6.45, 7) is 1.82. The molecule has 134 valence electrons. The minimum atomic E-state index is -0.0881. The van der Waals surface area contributed by atoms with Crippen LogP contribution in [0.1, 0.15) is 49.3 Å². The fraction of sp³-hybridized carbons (Fsp3) is 0.400. The van der Waals surface area contributed by atoms with Gasteiger partial charge in [-0.15, -0.1) is 0 Å². The van der Waals surface area contributed by atoms with Crippen LogP contribution in [0.5, 0.6) is 0 Å². The number of aromatic nitrogens is 3. The fourth-order valence-corrected chi connectivity index (χ4v) is 4.30. The Kier molecular flexibility index (Phi) is 3.78. The number of benzene rings is 1. The molecule has 2 aromatic heterocycles. The number of pyridine rings is 1. The van der Waals surface area contributed by atoms with Crippen molar-refractivity contribution in [3.8, 4) is 0 Å². The van der Waals surface area contributed by atoms with Gasteiger partial charge in [-0.25, -0.2) is 0 Å². The van der Waals surface area contributed by atoms with Crippen molar-refractivity contribution >= 4 is 22.4 Å². The molecule has 2 aliphatic rings. The first-order chi connectivity index (χ1) is 12.8. The number of H-pyrrole nitrogens is 1. The van der Waals surface area contributed by atoms with Crippen molar-refractivity contribution in [2.75, 3.05) is 5.32 Å². The number of aromatic amines is 1. The Labute approximate surface area is 151 Å². The molecule has 0 atom stereocenters. The second-order valence-corrected chi connectivity index (χ2v) is 7.36. The van der Waals surface area contributed by atoms with Crippen LogP contribution >= 0.6 is 0 Å². The molecule has 6 heteroatoms. The van der Waals surface area contributed by atoms with Gasteiger partial charge in [0, 0.05) is 25.0 Å². The zero-order valence-corrected chi connectivity index (χ0v) is 14.7. The molecule has 0 amide bonds. The molecule has 3 N–H and O–H groups in total. The first kappa shape index (κ1) is 15.6. The van der Waals surface area contributed by atoms with Crippen LogP contribution in [0.3, 0.4) is 0 Å². The molecule has 0 bridgehead atoms. The number of hydrogen-bond acceptors (Lipinski definition) is 4. The highest BCUT2D eigenvalue weighted by Crippen LogP contribution is 2.33. The van der Waals surface area contributed by atoms with E-state index in [1.807, 2.05) is 6.07 Å². The Morgan fingerprint density at radius 2 is 1.92 bits per heavy atom. The number of hydrogen-bond donors (Lipinski definition) is 3. The van der Waals surface area contributed by atoms with E-state index < -0.39 is 0 Å². The molecular formula is C20H23N5O. The molecule has 0 spiro atoms. The maximum absolute atomic E-state index is 12.5. The molecule has 1 aliphatic carbocycles. The molecule has 1 aromatic carbocycles. The molecule has 1 saturated carbocycles. The van der Waals surface area contributed by atoms with Crippen molar-refractivity contribution in [3.63, 3.8) is 0 Å². The summed E-state index contributed by atoms with van der Waals surface area (Å²) in [7, 11) is 0. The minimum Gasteiger partial charge on any atom is -0.338 e. The number of nitrogens with one attached hydrogen (secondary N) is 3. The molecule has 3 aromatic rings. The number of anilines is 2. The van der Waals surface area contributed by atoms with Gasteiger partial charge in [-0.2, -0.15) is 5.10 Å². The molecule has 0 unspecified atom stereocenters. The summed E-state index contributed by atoms with van der Waals surface area (Å²) in [5, 5.41) is 12.2. The third-order valence-electron chi connectivity index (χ3n) is 5.65. The van der Waals surface area contributed by atoms with Gasteiger partial charge in [0.2, 0.25) is 0 Å². The monoisotopic (exact) mass is 349 g/mol. The highest BCUT2D eigenvalue weighted by atomic mass is 16.1. The van der Waals surface area contributed by atoms with Crippen molar-refractivity contribution in [2.24, 2.45) is 0 Å². The van der Waals surface area contributed by atoms with Gasteiger partial charge in [0.25, 0.3) is 5.56 Å². The lowest BCUT2D eigenvalue weighted by atomic mass is 9.95. The standard InChI is InChI=1S/C20H23N5O/c26-20-18-17(8-9-22-20)25(16-4-2-1-3-5-16)24-19(18)23-15-7-6-13-11-21-12-14(13)10-15/h6-10,16,21H,1-5,11-12H2,(H,22,26)(H,23,24). The van der Waals surface area contributed by atoms with Gasteiger partial charge in [-0.05, 0) is 42.2 Å². The second kappa shape index (κ2) is 6.29. The van der Waals surface area contributed by atoms with Crippen molar-refractivity contribution < 1.29 is 0 Å². The highest BCUT2D eigenvalue weighted by Gasteiger charge is 2.22. The van der Waals surface area contributed by atoms with E-state index in [0.717, 1.165) is 37.1 Å². The Morgan fingerprint density at radius 3 is 2.81 bits per heavy atom. The van der Waals surface area contributed by atoms with Crippen LogP contribution in [0, 0.1) is 0 Å². The maximum Gasteiger partial charge on any atom is 0.261 e. The SMILES string of the molecule is O=c1[nH]ccc2c1c(Nc1ccc3c(c1)CNC3)nn2C1CCCCC1. The van der Waals surface area contributed by atoms with Crippen LogP contribution < -0.4 is 16.2 Å². The Bertz CT molecular complexity index is 1010. The van der Waals surface area contributed by atoms with E-state index in [1.165, 1.54) is 30.4 Å². The predicted molar refractivity (Wildman–Crippen MR) is 103 cm³/mol. The molecule has 5 rings (SSSR count). The summed E-state index contributed by atoms with van der Waals surface area (Å²) in [6.07, 6.45) is 7.74. The van der Waals surface area contributed by atoms with Crippen LogP contribution in [0.4, 0.5) is 11.5 Å². The Hall–Kier alpha value is -2.60. The summed E-state index contributed by atoms with van der Waals surface area (Å²) in [5.41, 5.74) is 4.46. The summed E-state index contributed by atoms with van der Waals surface area (Å²) < 4.78 is 2.07. The van der Waals surface area contributed by atoms with Crippen molar-refractivity contribution in [3.05, 3.63) is 51.9 Å². The van der Waals surface area contributed by atoms with Crippen molar-refractivity contribution in [1.82, 2.24) is 20.1 Å². The van der Waals surface area contributed by atoms with E-state index in [1.54, 1.807) is 6.20 Å². The molecule has 1 fully saturated rings. The molecular weight excluding hydrogens is 326 g/mol. The van der Waals surface area contributed by atoms with E-state index in [-0.39, 0.29) is 5.56 Å². The lowest BCUT2D eigenvalue weighted by molar-refractivity contribution is 0.338. The average Bonchev–Trinajstić information content (AvgIpc) is 3.28. The zero-order chi connectivity index (χ0) is 17.5. The highest BCUT2D eigenvalue weighted by molar-refractivity contribution is 5.91. The number of rotatable bonds is 3. The van der Waals surface area contributed by atoms with Gasteiger partial charge in [0.1, 0.15) is 5.39 Å². The summed E-state index contributed by atoms with van der Waals surface area (Å²) in [4.78, 5) is 15.3. The molecule has 0 saturated heterocycles. The molecule has 3 heterocycles. The quantitative estimate of drug-likeness (QED) is 0.676. The summed E-state index contributed by atoms with van der Waals surface area (Å²) in [5.74, 6) is 0.651. The van der Waals surface area contributed by atoms with Gasteiger partial charge in [0.05, 0.1) is 11.6 Å². The largest absolute Gasteiger partial charge is 0.338 e. The fourth-order valence-electron chi connectivity index (χ4n) is 4.30. The van der Waals surface area contributed by atoms with E-state index in [9.17, 15) is 4.79 Å². The minimum absolute atomic E-state index is 0.0881. The summed E-state index contributed by atoms with van der Waals surface area (Å²) >= 11 is 0. The number of fused-ring (bicyclic) bond motifs is 2. The Morgan fingerprint density at radius 1 is 1.08 bits per heavy atom. The lowest BCUT2D eigenvalue weighted by Crippen LogP contribution is -2.14. The van der Waals surface area contributed by atoms with Gasteiger partial charge < -0.3 is 15.6 Å². The van der Waals surface area contributed by atoms with E-state index >= 15 is 0 Å².